The molecule has 0 aliphatic carbocycles. The van der Waals surface area contributed by atoms with Crippen LogP contribution in [-0.2, 0) is 0 Å². The van der Waals surface area contributed by atoms with Crippen LogP contribution in [0.5, 0.6) is 0 Å². The third-order valence-electron chi connectivity index (χ3n) is 2.27. The fourth-order valence-corrected chi connectivity index (χ4v) is 2.21. The van der Waals surface area contributed by atoms with E-state index in [2.05, 4.69) is 31.2 Å². The molecule has 1 heterocycles. The van der Waals surface area contributed by atoms with Crippen LogP contribution in [0, 0.1) is 0 Å². The van der Waals surface area contributed by atoms with Crippen LogP contribution >= 0.6 is 15.9 Å². The number of hydrogen-bond donors (Lipinski definition) is 2. The summed E-state index contributed by atoms with van der Waals surface area (Å²) in [7, 11) is 1.81. The summed E-state index contributed by atoms with van der Waals surface area (Å²) in [4.78, 5) is 10.4. The van der Waals surface area contributed by atoms with E-state index in [1.54, 1.807) is 13.8 Å². The lowest BCUT2D eigenvalue weighted by Crippen LogP contribution is -2.39. The third-order valence-corrected chi connectivity index (χ3v) is 3.00. The molecule has 0 amide bonds. The monoisotopic (exact) mass is 302 g/mol. The normalized spacial score (nSPS) is 11.4. The zero-order valence-electron chi connectivity index (χ0n) is 10.7. The second-order valence-corrected chi connectivity index (χ2v) is 5.23. The smallest absolute Gasteiger partial charge is 0.148 e. The molecule has 0 saturated heterocycles. The Labute approximate surface area is 110 Å². The molecule has 0 bridgehead atoms. The van der Waals surface area contributed by atoms with Gasteiger partial charge in [-0.15, -0.1) is 0 Å². The molecular weight excluding hydrogens is 284 g/mol. The molecule has 0 fully saturated rings. The highest BCUT2D eigenvalue weighted by molar-refractivity contribution is 9.10. The summed E-state index contributed by atoms with van der Waals surface area (Å²) in [5.41, 5.74) is -0.764. The van der Waals surface area contributed by atoms with E-state index in [1.165, 1.54) is 6.33 Å². The molecular formula is C11H19BrN4O. The average molecular weight is 303 g/mol. The molecule has 0 spiro atoms. The number of rotatable bonds is 5. The van der Waals surface area contributed by atoms with Gasteiger partial charge in [-0.2, -0.15) is 0 Å². The van der Waals surface area contributed by atoms with Crippen molar-refractivity contribution in [3.8, 4) is 0 Å². The van der Waals surface area contributed by atoms with Crippen LogP contribution in [0.15, 0.2) is 10.8 Å². The maximum atomic E-state index is 9.88. The Balaban J connectivity index is 3.04. The molecule has 0 aromatic carbocycles. The molecule has 0 atom stereocenters. The molecule has 6 heteroatoms. The van der Waals surface area contributed by atoms with Crippen LogP contribution in [-0.4, -0.2) is 40.8 Å². The molecule has 0 aliphatic rings. The van der Waals surface area contributed by atoms with Gasteiger partial charge in [-0.1, -0.05) is 0 Å². The van der Waals surface area contributed by atoms with Crippen LogP contribution < -0.4 is 10.2 Å². The van der Waals surface area contributed by atoms with Gasteiger partial charge in [0, 0.05) is 20.1 Å². The van der Waals surface area contributed by atoms with Crippen molar-refractivity contribution in [1.29, 1.82) is 0 Å². The number of halogens is 1. The van der Waals surface area contributed by atoms with Crippen molar-refractivity contribution < 1.29 is 5.11 Å². The van der Waals surface area contributed by atoms with Crippen molar-refractivity contribution in [1.82, 2.24) is 9.97 Å². The van der Waals surface area contributed by atoms with Crippen LogP contribution in [0.3, 0.4) is 0 Å². The minimum absolute atomic E-state index is 0.516. The van der Waals surface area contributed by atoms with Gasteiger partial charge in [-0.05, 0) is 36.7 Å². The van der Waals surface area contributed by atoms with Gasteiger partial charge in [0.05, 0.1) is 5.60 Å². The highest BCUT2D eigenvalue weighted by Crippen LogP contribution is 2.29. The largest absolute Gasteiger partial charge is 0.389 e. The first-order valence-corrected chi connectivity index (χ1v) is 6.34. The van der Waals surface area contributed by atoms with Crippen LogP contribution in [0.25, 0.3) is 0 Å². The van der Waals surface area contributed by atoms with E-state index in [9.17, 15) is 5.11 Å². The second-order valence-electron chi connectivity index (χ2n) is 4.44. The Kier molecular flexibility index (Phi) is 4.70. The minimum atomic E-state index is -0.764. The maximum absolute atomic E-state index is 9.88. The van der Waals surface area contributed by atoms with Crippen molar-refractivity contribution in [2.24, 2.45) is 0 Å². The predicted octanol–water partition coefficient (Wildman–Crippen LogP) is 1.88. The predicted molar refractivity (Wildman–Crippen MR) is 73.5 cm³/mol. The molecule has 1 aromatic heterocycles. The molecule has 96 valence electrons. The van der Waals surface area contributed by atoms with Gasteiger partial charge in [0.1, 0.15) is 22.4 Å². The van der Waals surface area contributed by atoms with Gasteiger partial charge < -0.3 is 15.3 Å². The highest BCUT2D eigenvalue weighted by Gasteiger charge is 2.21. The average Bonchev–Trinajstić information content (AvgIpc) is 2.25. The van der Waals surface area contributed by atoms with Gasteiger partial charge in [0.2, 0.25) is 0 Å². The number of aromatic nitrogens is 2. The topological polar surface area (TPSA) is 61.3 Å². The van der Waals surface area contributed by atoms with E-state index in [4.69, 9.17) is 0 Å². The van der Waals surface area contributed by atoms with Crippen molar-refractivity contribution in [3.63, 3.8) is 0 Å². The third kappa shape index (κ3) is 3.81. The first-order chi connectivity index (χ1) is 7.89. The molecule has 0 radical (unpaired) electrons. The first kappa shape index (κ1) is 14.2. The number of aliphatic hydroxyl groups is 1. The van der Waals surface area contributed by atoms with E-state index >= 15 is 0 Å². The van der Waals surface area contributed by atoms with Crippen molar-refractivity contribution in [2.75, 3.05) is 30.4 Å². The van der Waals surface area contributed by atoms with Crippen LogP contribution in [0.1, 0.15) is 20.8 Å². The molecule has 0 unspecified atom stereocenters. The summed E-state index contributed by atoms with van der Waals surface area (Å²) in [5.74, 6) is 1.53. The Morgan fingerprint density at radius 3 is 2.59 bits per heavy atom. The zero-order valence-corrected chi connectivity index (χ0v) is 12.2. The second kappa shape index (κ2) is 5.64. The number of nitrogens with one attached hydrogen (secondary N) is 1. The lowest BCUT2D eigenvalue weighted by Gasteiger charge is -2.29. The first-order valence-electron chi connectivity index (χ1n) is 5.54. The number of likely N-dealkylation sites (N-methyl/N-ethyl adjacent to an activating group) is 1. The van der Waals surface area contributed by atoms with E-state index in [0.29, 0.717) is 6.54 Å². The van der Waals surface area contributed by atoms with Crippen molar-refractivity contribution in [3.05, 3.63) is 10.8 Å². The lowest BCUT2D eigenvalue weighted by atomic mass is 10.1. The molecule has 17 heavy (non-hydrogen) atoms. The SMILES string of the molecule is CCN(CC(C)(C)O)c1ncnc(NC)c1Br. The minimum Gasteiger partial charge on any atom is -0.389 e. The summed E-state index contributed by atoms with van der Waals surface area (Å²) < 4.78 is 0.814. The van der Waals surface area contributed by atoms with E-state index in [0.717, 1.165) is 22.7 Å². The van der Waals surface area contributed by atoms with Crippen molar-refractivity contribution >= 4 is 27.6 Å². The summed E-state index contributed by atoms with van der Waals surface area (Å²) in [6.45, 7) is 6.87. The zero-order chi connectivity index (χ0) is 13.1. The van der Waals surface area contributed by atoms with E-state index in [-0.39, 0.29) is 0 Å². The van der Waals surface area contributed by atoms with E-state index in [1.807, 2.05) is 18.9 Å². The van der Waals surface area contributed by atoms with Gasteiger partial charge in [0.25, 0.3) is 0 Å². The fraction of sp³-hybridized carbons (Fsp3) is 0.636. The Morgan fingerprint density at radius 2 is 2.12 bits per heavy atom. The summed E-state index contributed by atoms with van der Waals surface area (Å²) in [5, 5.41) is 12.9. The summed E-state index contributed by atoms with van der Waals surface area (Å²) >= 11 is 3.48. The Morgan fingerprint density at radius 1 is 1.47 bits per heavy atom. The van der Waals surface area contributed by atoms with Crippen LogP contribution in [0.2, 0.25) is 0 Å². The van der Waals surface area contributed by atoms with Gasteiger partial charge >= 0.3 is 0 Å². The molecule has 0 saturated carbocycles. The summed E-state index contributed by atoms with van der Waals surface area (Å²) in [6.07, 6.45) is 1.51. The number of hydrogen-bond acceptors (Lipinski definition) is 5. The molecule has 5 nitrogen and oxygen atoms in total. The maximum Gasteiger partial charge on any atom is 0.148 e. The van der Waals surface area contributed by atoms with E-state index < -0.39 is 5.60 Å². The standard InChI is InChI=1S/C11H19BrN4O/c1-5-16(6-11(2,3)17)10-8(12)9(13-4)14-7-15-10/h7,17H,5-6H2,1-4H3,(H,13,14,15). The highest BCUT2D eigenvalue weighted by atomic mass is 79.9. The Hall–Kier alpha value is -0.880. The van der Waals surface area contributed by atoms with Gasteiger partial charge in [0.15, 0.2) is 0 Å². The molecule has 0 aliphatic heterocycles. The number of anilines is 2. The number of nitrogens with zero attached hydrogens (tertiary/aromatic N) is 3. The fourth-order valence-electron chi connectivity index (χ4n) is 1.56. The summed E-state index contributed by atoms with van der Waals surface area (Å²) in [6, 6.07) is 0. The van der Waals surface area contributed by atoms with Crippen LogP contribution in [0.4, 0.5) is 11.6 Å². The lowest BCUT2D eigenvalue weighted by molar-refractivity contribution is 0.0874. The Bertz CT molecular complexity index is 378. The molecule has 1 aromatic rings. The molecule has 1 rings (SSSR count). The van der Waals surface area contributed by atoms with Gasteiger partial charge in [-0.25, -0.2) is 9.97 Å². The van der Waals surface area contributed by atoms with Gasteiger partial charge in [-0.3, -0.25) is 0 Å². The van der Waals surface area contributed by atoms with Crippen molar-refractivity contribution in [2.45, 2.75) is 26.4 Å². The molecule has 2 N–H and O–H groups in total. The quantitative estimate of drug-likeness (QED) is 0.869.